The Balaban J connectivity index is 1.31. The zero-order chi connectivity index (χ0) is 35.5. The number of fused-ring (bicyclic) bond motifs is 1. The van der Waals surface area contributed by atoms with Crippen LogP contribution in [-0.4, -0.2) is 50.6 Å². The highest BCUT2D eigenvalue weighted by molar-refractivity contribution is 6.01. The van der Waals surface area contributed by atoms with Crippen molar-refractivity contribution in [2.24, 2.45) is 0 Å². The number of carbonyl (C=O) groups excluding carboxylic acids is 2. The molecule has 4 rings (SSSR count). The quantitative estimate of drug-likeness (QED) is 0.0302. The third-order valence-corrected chi connectivity index (χ3v) is 7.61. The van der Waals surface area contributed by atoms with E-state index in [1.165, 1.54) is 36.4 Å². The number of rotatable bonds is 17. The van der Waals surface area contributed by atoms with Gasteiger partial charge in [0.25, 0.3) is 5.09 Å². The molecule has 2 atom stereocenters. The number of hydrogen-bond acceptors (Lipinski definition) is 9. The number of ether oxygens (including phenoxy) is 2. The van der Waals surface area contributed by atoms with E-state index in [0.29, 0.717) is 12.8 Å². The van der Waals surface area contributed by atoms with Crippen molar-refractivity contribution in [2.45, 2.75) is 64.2 Å². The molecule has 0 aliphatic heterocycles. The summed E-state index contributed by atoms with van der Waals surface area (Å²) in [6.07, 6.45) is 1.68. The van der Waals surface area contributed by atoms with Gasteiger partial charge in [-0.05, 0) is 87.2 Å². The van der Waals surface area contributed by atoms with E-state index in [1.807, 2.05) is 38.1 Å². The number of nitrogens with zero attached hydrogens (tertiary/aromatic N) is 2. The number of aliphatic hydroxyl groups is 2. The van der Waals surface area contributed by atoms with Crippen LogP contribution in [-0.2, 0) is 14.4 Å². The molecule has 49 heavy (non-hydrogen) atoms. The summed E-state index contributed by atoms with van der Waals surface area (Å²) in [6.45, 7) is 7.70. The van der Waals surface area contributed by atoms with E-state index in [9.17, 15) is 34.3 Å². The van der Waals surface area contributed by atoms with E-state index in [2.05, 4.69) is 16.0 Å². The maximum atomic E-state index is 13.7. The second-order valence-electron chi connectivity index (χ2n) is 11.7. The zero-order valence-electron chi connectivity index (χ0n) is 27.3. The normalized spacial score (nSPS) is 12.6. The predicted molar refractivity (Wildman–Crippen MR) is 182 cm³/mol. The van der Waals surface area contributed by atoms with Gasteiger partial charge in [-0.2, -0.15) is 0 Å². The summed E-state index contributed by atoms with van der Waals surface area (Å²) in [5.41, 5.74) is 3.70. The molecule has 0 spiro atoms. The molecule has 1 aromatic heterocycles. The molecular weight excluding hydrogens is 635 g/mol. The van der Waals surface area contributed by atoms with E-state index in [4.69, 9.17) is 9.47 Å². The van der Waals surface area contributed by atoms with Crippen LogP contribution in [0.15, 0.2) is 91.0 Å². The van der Waals surface area contributed by atoms with Gasteiger partial charge in [0.15, 0.2) is 0 Å². The van der Waals surface area contributed by atoms with E-state index >= 15 is 0 Å². The predicted octanol–water partition coefficient (Wildman–Crippen LogP) is 6.99. The molecule has 0 aliphatic rings. The summed E-state index contributed by atoms with van der Waals surface area (Å²) >= 11 is 0. The summed E-state index contributed by atoms with van der Waals surface area (Å²) in [5, 5.41) is 31.6. The lowest BCUT2D eigenvalue weighted by molar-refractivity contribution is -0.757. The lowest BCUT2D eigenvalue weighted by Gasteiger charge is -2.15. The fourth-order valence-corrected chi connectivity index (χ4v) is 5.37. The number of esters is 2. The van der Waals surface area contributed by atoms with Crippen LogP contribution in [0.2, 0.25) is 0 Å². The van der Waals surface area contributed by atoms with Gasteiger partial charge in [0, 0.05) is 40.2 Å². The zero-order valence-corrected chi connectivity index (χ0v) is 27.3. The number of aromatic nitrogens is 1. The van der Waals surface area contributed by atoms with Crippen LogP contribution in [0.4, 0.5) is 4.39 Å². The van der Waals surface area contributed by atoms with E-state index in [1.54, 1.807) is 24.3 Å². The average molecular weight is 675 g/mol. The molecular formula is C37H39FN2O9. The second kappa shape index (κ2) is 17.2. The summed E-state index contributed by atoms with van der Waals surface area (Å²) in [6, 6.07) is 19.9. The third kappa shape index (κ3) is 10.3. The van der Waals surface area contributed by atoms with Crippen LogP contribution >= 0.6 is 0 Å². The molecule has 0 bridgehead atoms. The summed E-state index contributed by atoms with van der Waals surface area (Å²) in [7, 11) is 0. The van der Waals surface area contributed by atoms with Gasteiger partial charge in [0.2, 0.25) is 0 Å². The fourth-order valence-electron chi connectivity index (χ4n) is 5.37. The molecule has 0 unspecified atom stereocenters. The largest absolute Gasteiger partial charge is 0.426 e. The molecule has 12 heteroatoms. The van der Waals surface area contributed by atoms with Crippen molar-refractivity contribution in [1.82, 2.24) is 4.57 Å². The minimum absolute atomic E-state index is 0.0680. The Labute approximate surface area is 282 Å². The van der Waals surface area contributed by atoms with E-state index in [-0.39, 0.29) is 54.8 Å². The maximum Gasteiger partial charge on any atom is 0.338 e. The van der Waals surface area contributed by atoms with E-state index < -0.39 is 29.2 Å². The van der Waals surface area contributed by atoms with Crippen molar-refractivity contribution in [1.29, 1.82) is 0 Å². The van der Waals surface area contributed by atoms with Gasteiger partial charge in [-0.15, -0.1) is 10.1 Å². The van der Waals surface area contributed by atoms with Crippen molar-refractivity contribution >= 4 is 28.9 Å². The first kappa shape index (κ1) is 36.5. The van der Waals surface area contributed by atoms with Gasteiger partial charge in [0.05, 0.1) is 25.2 Å². The molecule has 1 heterocycles. The molecule has 4 aromatic rings. The van der Waals surface area contributed by atoms with Crippen LogP contribution in [0, 0.1) is 15.9 Å². The van der Waals surface area contributed by atoms with Crippen LogP contribution in [0.25, 0.3) is 28.1 Å². The Morgan fingerprint density at radius 1 is 0.980 bits per heavy atom. The molecule has 0 amide bonds. The smallest absolute Gasteiger partial charge is 0.338 e. The Kier molecular flexibility index (Phi) is 12.8. The summed E-state index contributed by atoms with van der Waals surface area (Å²) in [5.74, 6) is -1.37. The number of aliphatic hydroxyl groups excluding tert-OH is 2. The Hall–Kier alpha value is -5.33. The maximum absolute atomic E-state index is 13.7. The minimum Gasteiger partial charge on any atom is -0.426 e. The number of hydrogen-bond donors (Lipinski definition) is 2. The minimum atomic E-state index is -1.20. The van der Waals surface area contributed by atoms with Gasteiger partial charge >= 0.3 is 11.9 Å². The Morgan fingerprint density at radius 3 is 2.29 bits per heavy atom. The molecule has 0 fully saturated rings. The van der Waals surface area contributed by atoms with Gasteiger partial charge in [-0.1, -0.05) is 43.0 Å². The molecule has 0 aliphatic carbocycles. The van der Waals surface area contributed by atoms with E-state index in [0.717, 1.165) is 27.7 Å². The van der Waals surface area contributed by atoms with Crippen LogP contribution in [0.3, 0.4) is 0 Å². The van der Waals surface area contributed by atoms with Crippen molar-refractivity contribution in [2.75, 3.05) is 6.61 Å². The molecule has 3 aromatic carbocycles. The number of benzene rings is 3. The van der Waals surface area contributed by atoms with Gasteiger partial charge in [-0.3, -0.25) is 4.79 Å². The lowest BCUT2D eigenvalue weighted by atomic mass is 10.0. The van der Waals surface area contributed by atoms with Gasteiger partial charge in [-0.25, -0.2) is 9.18 Å². The first-order valence-electron chi connectivity index (χ1n) is 15.8. The highest BCUT2D eigenvalue weighted by Gasteiger charge is 2.20. The average Bonchev–Trinajstić information content (AvgIpc) is 3.39. The number of unbranched alkanes of at least 4 members (excludes halogenated alkanes) is 1. The monoisotopic (exact) mass is 674 g/mol. The van der Waals surface area contributed by atoms with Crippen LogP contribution < -0.4 is 9.47 Å². The number of para-hydroxylation sites is 1. The summed E-state index contributed by atoms with van der Waals surface area (Å²) < 4.78 is 26.4. The highest BCUT2D eigenvalue weighted by atomic mass is 19.1. The molecule has 0 saturated carbocycles. The second-order valence-corrected chi connectivity index (χ2v) is 11.7. The van der Waals surface area contributed by atoms with Crippen molar-refractivity contribution in [3.63, 3.8) is 0 Å². The fraction of sp³-hybridized carbons (Fsp3) is 0.297. The Morgan fingerprint density at radius 2 is 1.63 bits per heavy atom. The number of halogens is 1. The van der Waals surface area contributed by atoms with Crippen molar-refractivity contribution in [3.8, 4) is 22.6 Å². The molecule has 0 saturated heterocycles. The topological polar surface area (TPSA) is 150 Å². The summed E-state index contributed by atoms with van der Waals surface area (Å²) in [4.78, 5) is 39.2. The lowest BCUT2D eigenvalue weighted by Crippen LogP contribution is -2.22. The highest BCUT2D eigenvalue weighted by Crippen LogP contribution is 2.38. The first-order chi connectivity index (χ1) is 23.4. The van der Waals surface area contributed by atoms with Crippen molar-refractivity contribution in [3.05, 3.63) is 113 Å². The third-order valence-electron chi connectivity index (χ3n) is 7.61. The van der Waals surface area contributed by atoms with Gasteiger partial charge in [0.1, 0.15) is 17.3 Å². The molecule has 2 N–H and O–H groups in total. The Bertz CT molecular complexity index is 1800. The standard InChI is InChI=1S/C37H39FN2O9/c1-24(2)39-33-10-5-4-9-32(33)36(26-11-13-27(38)14-12-26)34(39)20-15-28(41)22-29(42)23-35(43)48-30-16-18-31(19-17-30)49-37(44)25(3)8-6-7-21-47-40(45)46/h4-5,9-20,24,28-29,41-42H,3,6-8,21-23H2,1-2H3/b20-15+/t28-,29-/m0/s1. The molecule has 11 nitrogen and oxygen atoms in total. The van der Waals surface area contributed by atoms with Crippen LogP contribution in [0.1, 0.15) is 57.7 Å². The first-order valence-corrected chi connectivity index (χ1v) is 15.8. The molecule has 258 valence electrons. The van der Waals surface area contributed by atoms with Gasteiger partial charge < -0.3 is 29.1 Å². The number of carbonyl (C=O) groups is 2. The van der Waals surface area contributed by atoms with Crippen LogP contribution in [0.5, 0.6) is 11.5 Å². The molecule has 0 radical (unpaired) electrons. The SMILES string of the molecule is C=C(CCCCO[N+](=O)[O-])C(=O)Oc1ccc(OC(=O)C[C@@H](O)C[C@@H](O)/C=C/c2c(-c3ccc(F)cc3)c3ccccc3n2C(C)C)cc1. The van der Waals surface area contributed by atoms with Crippen molar-refractivity contribution < 1.29 is 43.6 Å².